The minimum Gasteiger partial charge on any atom is -0.365 e. The van der Waals surface area contributed by atoms with Crippen LogP contribution in [0.4, 0.5) is 5.00 Å². The van der Waals surface area contributed by atoms with Gasteiger partial charge in [-0.25, -0.2) is 0 Å². The number of hydrogen-bond donors (Lipinski definition) is 2. The highest BCUT2D eigenvalue weighted by Gasteiger charge is 2.33. The molecule has 3 N–H and O–H groups in total. The van der Waals surface area contributed by atoms with Crippen molar-refractivity contribution < 1.29 is 9.59 Å². The summed E-state index contributed by atoms with van der Waals surface area (Å²) in [6.07, 6.45) is 3.90. The first-order valence-corrected chi connectivity index (χ1v) is 11.7. The normalized spacial score (nSPS) is 16.4. The summed E-state index contributed by atoms with van der Waals surface area (Å²) in [5.41, 5.74) is 9.94. The quantitative estimate of drug-likeness (QED) is 0.622. The van der Waals surface area contributed by atoms with E-state index in [4.69, 9.17) is 5.73 Å². The number of nitrogens with two attached hydrogens (primary N) is 1. The van der Waals surface area contributed by atoms with E-state index < -0.39 is 5.91 Å². The van der Waals surface area contributed by atoms with E-state index in [0.717, 1.165) is 30.4 Å². The van der Waals surface area contributed by atoms with E-state index in [0.29, 0.717) is 35.2 Å². The summed E-state index contributed by atoms with van der Waals surface area (Å²) < 4.78 is 0. The lowest BCUT2D eigenvalue weighted by Gasteiger charge is -2.33. The van der Waals surface area contributed by atoms with Gasteiger partial charge in [-0.15, -0.1) is 11.3 Å². The number of primary amides is 1. The number of carbonyl (C=O) groups is 2. The van der Waals surface area contributed by atoms with Crippen LogP contribution >= 0.6 is 11.3 Å². The highest BCUT2D eigenvalue weighted by atomic mass is 32.1. The molecule has 0 fully saturated rings. The summed E-state index contributed by atoms with van der Waals surface area (Å²) in [6, 6.07) is 8.44. The second kappa shape index (κ2) is 8.93. The van der Waals surface area contributed by atoms with Gasteiger partial charge in [0.15, 0.2) is 0 Å². The van der Waals surface area contributed by atoms with Crippen molar-refractivity contribution in [3.63, 3.8) is 0 Å². The lowest BCUT2D eigenvalue weighted by Crippen LogP contribution is -2.27. The first kappa shape index (κ1) is 22.5. The maximum absolute atomic E-state index is 12.6. The largest absolute Gasteiger partial charge is 0.365 e. The monoisotopic (exact) mass is 426 g/mol. The van der Waals surface area contributed by atoms with Crippen LogP contribution in [0.3, 0.4) is 0 Å². The Morgan fingerprint density at radius 1 is 1.20 bits per heavy atom. The number of hydrogen-bond acceptors (Lipinski definition) is 3. The molecule has 1 aliphatic rings. The topological polar surface area (TPSA) is 72.2 Å². The van der Waals surface area contributed by atoms with Gasteiger partial charge in [0.25, 0.3) is 5.91 Å². The number of benzene rings is 1. The van der Waals surface area contributed by atoms with Crippen molar-refractivity contribution in [3.05, 3.63) is 51.4 Å². The Kier molecular flexibility index (Phi) is 6.71. The molecule has 3 rings (SSSR count). The summed E-state index contributed by atoms with van der Waals surface area (Å²) in [4.78, 5) is 26.0. The van der Waals surface area contributed by atoms with Gasteiger partial charge in [0.1, 0.15) is 5.00 Å². The second-order valence-electron chi connectivity index (χ2n) is 9.82. The molecule has 2 amide bonds. The Labute approximate surface area is 184 Å². The number of carbonyl (C=O) groups excluding carboxylic acids is 2. The Hall–Kier alpha value is -2.14. The van der Waals surface area contributed by atoms with E-state index in [1.165, 1.54) is 21.8 Å². The van der Waals surface area contributed by atoms with E-state index in [9.17, 15) is 9.59 Å². The second-order valence-corrected chi connectivity index (χ2v) is 10.9. The fourth-order valence-electron chi connectivity index (χ4n) is 4.19. The van der Waals surface area contributed by atoms with Gasteiger partial charge in [0.05, 0.1) is 5.56 Å². The Morgan fingerprint density at radius 3 is 2.43 bits per heavy atom. The van der Waals surface area contributed by atoms with Crippen molar-refractivity contribution in [2.75, 3.05) is 5.32 Å². The maximum atomic E-state index is 12.6. The van der Waals surface area contributed by atoms with Crippen LogP contribution in [-0.2, 0) is 24.1 Å². The molecule has 0 bridgehead atoms. The Bertz CT molecular complexity index is 920. The summed E-state index contributed by atoms with van der Waals surface area (Å²) in [6.45, 7) is 11.1. The third-order valence-electron chi connectivity index (χ3n) is 6.28. The van der Waals surface area contributed by atoms with Gasteiger partial charge in [-0.1, -0.05) is 58.9 Å². The van der Waals surface area contributed by atoms with Gasteiger partial charge in [0, 0.05) is 11.3 Å². The molecule has 1 aliphatic carbocycles. The number of aryl methyl sites for hydroxylation is 1. The van der Waals surface area contributed by atoms with Crippen molar-refractivity contribution in [1.29, 1.82) is 0 Å². The summed E-state index contributed by atoms with van der Waals surface area (Å²) in [7, 11) is 0. The lowest BCUT2D eigenvalue weighted by atomic mass is 9.72. The van der Waals surface area contributed by atoms with Crippen molar-refractivity contribution in [1.82, 2.24) is 0 Å². The molecule has 5 heteroatoms. The molecular weight excluding hydrogens is 392 g/mol. The number of fused-ring (bicyclic) bond motifs is 1. The molecule has 0 saturated carbocycles. The van der Waals surface area contributed by atoms with E-state index >= 15 is 0 Å². The molecule has 1 heterocycles. The van der Waals surface area contributed by atoms with E-state index in [1.807, 2.05) is 0 Å². The zero-order valence-corrected chi connectivity index (χ0v) is 19.6. The molecule has 0 aliphatic heterocycles. The Balaban J connectivity index is 1.69. The average molecular weight is 427 g/mol. The van der Waals surface area contributed by atoms with Gasteiger partial charge in [-0.2, -0.15) is 0 Å². The molecule has 4 nitrogen and oxygen atoms in total. The maximum Gasteiger partial charge on any atom is 0.251 e. The predicted octanol–water partition coefficient (Wildman–Crippen LogP) is 5.69. The third-order valence-corrected chi connectivity index (χ3v) is 7.45. The van der Waals surface area contributed by atoms with Crippen molar-refractivity contribution in [2.45, 2.75) is 72.6 Å². The molecule has 0 spiro atoms. The van der Waals surface area contributed by atoms with Crippen LogP contribution in [0, 0.1) is 11.3 Å². The smallest absolute Gasteiger partial charge is 0.251 e. The van der Waals surface area contributed by atoms with Crippen molar-refractivity contribution in [2.24, 2.45) is 17.1 Å². The minimum atomic E-state index is -0.443. The van der Waals surface area contributed by atoms with Gasteiger partial charge >= 0.3 is 0 Å². The number of amides is 2. The van der Waals surface area contributed by atoms with Crippen LogP contribution in [0.25, 0.3) is 0 Å². The molecule has 1 aromatic heterocycles. The third kappa shape index (κ3) is 5.12. The van der Waals surface area contributed by atoms with Crippen molar-refractivity contribution >= 4 is 28.2 Å². The van der Waals surface area contributed by atoms with Gasteiger partial charge < -0.3 is 11.1 Å². The molecule has 0 radical (unpaired) electrons. The summed E-state index contributed by atoms with van der Waals surface area (Å²) in [5.74, 6) is 0.553. The first-order valence-electron chi connectivity index (χ1n) is 10.9. The van der Waals surface area contributed by atoms with Crippen molar-refractivity contribution in [3.8, 4) is 0 Å². The molecule has 1 unspecified atom stereocenters. The van der Waals surface area contributed by atoms with Crippen LogP contribution in [0.1, 0.15) is 85.3 Å². The predicted molar refractivity (Wildman–Crippen MR) is 125 cm³/mol. The lowest BCUT2D eigenvalue weighted by molar-refractivity contribution is -0.116. The SMILES string of the molecule is CC(C)c1ccc(CCC(=O)Nc2sc3c(c2C(N)=O)CCC(C(C)(C)C)C3)cc1. The van der Waals surface area contributed by atoms with Crippen LogP contribution in [0.5, 0.6) is 0 Å². The zero-order valence-electron chi connectivity index (χ0n) is 18.8. The van der Waals surface area contributed by atoms with Crippen LogP contribution in [-0.4, -0.2) is 11.8 Å². The van der Waals surface area contributed by atoms with Crippen LogP contribution in [0.15, 0.2) is 24.3 Å². The molecule has 30 heavy (non-hydrogen) atoms. The van der Waals surface area contributed by atoms with E-state index in [-0.39, 0.29) is 11.3 Å². The standard InChI is InChI=1S/C25H34N2O2S/c1-15(2)17-9-6-16(7-10-17)8-13-21(28)27-24-22(23(26)29)19-12-11-18(25(3,4)5)14-20(19)30-24/h6-7,9-10,15,18H,8,11-14H2,1-5H3,(H2,26,29)(H,27,28). The Morgan fingerprint density at radius 2 is 1.87 bits per heavy atom. The first-order chi connectivity index (χ1) is 14.1. The van der Waals surface area contributed by atoms with E-state index in [2.05, 4.69) is 64.2 Å². The molecule has 162 valence electrons. The fourth-order valence-corrected chi connectivity index (χ4v) is 5.54. The number of anilines is 1. The van der Waals surface area contributed by atoms with Gasteiger partial charge in [0.2, 0.25) is 5.91 Å². The highest BCUT2D eigenvalue weighted by molar-refractivity contribution is 7.17. The van der Waals surface area contributed by atoms with Crippen LogP contribution in [0.2, 0.25) is 0 Å². The number of nitrogens with one attached hydrogen (secondary N) is 1. The van der Waals surface area contributed by atoms with Gasteiger partial charge in [-0.3, -0.25) is 9.59 Å². The highest BCUT2D eigenvalue weighted by Crippen LogP contribution is 2.44. The van der Waals surface area contributed by atoms with Crippen LogP contribution < -0.4 is 11.1 Å². The number of thiophene rings is 1. The molecule has 1 atom stereocenters. The van der Waals surface area contributed by atoms with E-state index in [1.54, 1.807) is 0 Å². The summed E-state index contributed by atoms with van der Waals surface area (Å²) in [5, 5.41) is 3.61. The fraction of sp³-hybridized carbons (Fsp3) is 0.520. The molecule has 0 saturated heterocycles. The minimum absolute atomic E-state index is 0.0728. The zero-order chi connectivity index (χ0) is 22.1. The molecule has 2 aromatic rings. The molecule has 1 aromatic carbocycles. The van der Waals surface area contributed by atoms with Gasteiger partial charge in [-0.05, 0) is 59.6 Å². The molecular formula is C25H34N2O2S. The average Bonchev–Trinajstić information content (AvgIpc) is 3.03. The number of rotatable bonds is 6. The summed E-state index contributed by atoms with van der Waals surface area (Å²) >= 11 is 1.53.